The van der Waals surface area contributed by atoms with Crippen molar-refractivity contribution in [2.24, 2.45) is 5.92 Å². The van der Waals surface area contributed by atoms with Crippen LogP contribution in [0, 0.1) is 5.92 Å². The van der Waals surface area contributed by atoms with Gasteiger partial charge in [-0.15, -0.1) is 0 Å². The van der Waals surface area contributed by atoms with Crippen molar-refractivity contribution >= 4 is 37.7 Å². The topological polar surface area (TPSA) is 121 Å². The minimum absolute atomic E-state index is 0.157. The Morgan fingerprint density at radius 3 is 2.43 bits per heavy atom. The molecule has 0 unspecified atom stereocenters. The number of fused-ring (bicyclic) bond motifs is 2. The highest BCUT2D eigenvalue weighted by molar-refractivity contribution is 7.89. The van der Waals surface area contributed by atoms with Crippen LogP contribution in [0.2, 0.25) is 0 Å². The summed E-state index contributed by atoms with van der Waals surface area (Å²) >= 11 is 0. The molecule has 182 valence electrons. The number of hydrogen-bond donors (Lipinski definition) is 1. The molecule has 3 aromatic heterocycles. The molecule has 4 heterocycles. The van der Waals surface area contributed by atoms with Crippen molar-refractivity contribution in [2.45, 2.75) is 25.3 Å². The first-order valence-electron chi connectivity index (χ1n) is 11.5. The fourth-order valence-corrected chi connectivity index (χ4v) is 6.00. The molecule has 1 saturated heterocycles. The Balaban J connectivity index is 1.41. The summed E-state index contributed by atoms with van der Waals surface area (Å²) in [5, 5.41) is 5.91. The maximum atomic E-state index is 13.5. The summed E-state index contributed by atoms with van der Waals surface area (Å²) in [7, 11) is -3.76. The number of sulfonamides is 1. The molecule has 1 N–H and O–H groups in total. The number of piperazine rings is 1. The SMILES string of the molecule is CC(C)Cn1nc(C(=O)N2CCN(S(=O)(=O)c3c[nH]c4ncccc34)CC2)c2ccccc2c1=O. The first-order chi connectivity index (χ1) is 16.8. The van der Waals surface area contributed by atoms with Crippen LogP contribution in [-0.4, -0.2) is 69.5 Å². The molecule has 1 amide bonds. The summed E-state index contributed by atoms with van der Waals surface area (Å²) in [6, 6.07) is 10.4. The van der Waals surface area contributed by atoms with E-state index in [0.29, 0.717) is 28.4 Å². The Morgan fingerprint density at radius 1 is 1.03 bits per heavy atom. The highest BCUT2D eigenvalue weighted by atomic mass is 32.2. The van der Waals surface area contributed by atoms with E-state index in [-0.39, 0.29) is 54.2 Å². The van der Waals surface area contributed by atoms with E-state index >= 15 is 0 Å². The van der Waals surface area contributed by atoms with E-state index in [0.717, 1.165) is 0 Å². The molecular formula is C24H26N6O4S. The van der Waals surface area contributed by atoms with E-state index < -0.39 is 10.0 Å². The van der Waals surface area contributed by atoms with Gasteiger partial charge in [0.1, 0.15) is 10.5 Å². The molecule has 0 bridgehead atoms. The molecule has 1 aliphatic heterocycles. The fraction of sp³-hybridized carbons (Fsp3) is 0.333. The molecule has 0 radical (unpaired) electrons. The van der Waals surface area contributed by atoms with Gasteiger partial charge in [0, 0.05) is 55.9 Å². The molecule has 0 saturated carbocycles. The first kappa shape index (κ1) is 23.2. The van der Waals surface area contributed by atoms with E-state index in [4.69, 9.17) is 0 Å². The standard InChI is InChI=1S/C24H26N6O4S/c1-16(2)15-30-23(31)18-7-4-3-6-17(18)21(27-30)24(32)28-10-12-29(13-11-28)35(33,34)20-14-26-22-19(20)8-5-9-25-22/h3-9,14,16H,10-13,15H2,1-2H3,(H,25,26). The number of carbonyl (C=O) groups is 1. The largest absolute Gasteiger partial charge is 0.345 e. The van der Waals surface area contributed by atoms with Gasteiger partial charge in [0.15, 0.2) is 5.69 Å². The van der Waals surface area contributed by atoms with Gasteiger partial charge in [-0.25, -0.2) is 18.1 Å². The Bertz CT molecular complexity index is 1580. The third-order valence-corrected chi connectivity index (χ3v) is 8.10. The van der Waals surface area contributed by atoms with Crippen LogP contribution in [0.3, 0.4) is 0 Å². The maximum absolute atomic E-state index is 13.5. The summed E-state index contributed by atoms with van der Waals surface area (Å²) in [6.45, 7) is 5.11. The second-order valence-corrected chi connectivity index (χ2v) is 10.9. The van der Waals surface area contributed by atoms with Crippen LogP contribution in [0.1, 0.15) is 24.3 Å². The molecule has 5 rings (SSSR count). The molecule has 35 heavy (non-hydrogen) atoms. The van der Waals surface area contributed by atoms with Gasteiger partial charge >= 0.3 is 0 Å². The molecule has 11 heteroatoms. The second-order valence-electron chi connectivity index (χ2n) is 9.02. The van der Waals surface area contributed by atoms with Gasteiger partial charge < -0.3 is 9.88 Å². The van der Waals surface area contributed by atoms with Crippen LogP contribution in [-0.2, 0) is 16.6 Å². The van der Waals surface area contributed by atoms with Crippen molar-refractivity contribution in [1.29, 1.82) is 0 Å². The predicted molar refractivity (Wildman–Crippen MR) is 132 cm³/mol. The van der Waals surface area contributed by atoms with Crippen molar-refractivity contribution in [2.75, 3.05) is 26.2 Å². The number of aromatic amines is 1. The van der Waals surface area contributed by atoms with E-state index in [1.165, 1.54) is 15.2 Å². The lowest BCUT2D eigenvalue weighted by Crippen LogP contribution is -2.50. The number of rotatable bonds is 5. The number of nitrogens with one attached hydrogen (secondary N) is 1. The predicted octanol–water partition coefficient (Wildman–Crippen LogP) is 2.08. The Hall–Kier alpha value is -3.57. The maximum Gasteiger partial charge on any atom is 0.275 e. The monoisotopic (exact) mass is 494 g/mol. The Morgan fingerprint density at radius 2 is 1.71 bits per heavy atom. The molecule has 0 aliphatic carbocycles. The van der Waals surface area contributed by atoms with Gasteiger partial charge in [-0.1, -0.05) is 32.0 Å². The number of pyridine rings is 1. The number of carbonyl (C=O) groups excluding carboxylic acids is 1. The van der Waals surface area contributed by atoms with Crippen LogP contribution in [0.15, 0.2) is 58.5 Å². The molecule has 10 nitrogen and oxygen atoms in total. The van der Waals surface area contributed by atoms with Crippen molar-refractivity contribution < 1.29 is 13.2 Å². The minimum Gasteiger partial charge on any atom is -0.345 e. The summed E-state index contributed by atoms with van der Waals surface area (Å²) in [4.78, 5) is 35.2. The third kappa shape index (κ3) is 4.10. The summed E-state index contributed by atoms with van der Waals surface area (Å²) < 4.78 is 29.3. The smallest absolute Gasteiger partial charge is 0.275 e. The van der Waals surface area contributed by atoms with Crippen molar-refractivity contribution in [3.63, 3.8) is 0 Å². The normalized spacial score (nSPS) is 15.3. The number of H-pyrrole nitrogens is 1. The molecule has 0 atom stereocenters. The van der Waals surface area contributed by atoms with Crippen LogP contribution in [0.5, 0.6) is 0 Å². The number of hydrogen-bond acceptors (Lipinski definition) is 6. The van der Waals surface area contributed by atoms with Gasteiger partial charge in [-0.3, -0.25) is 9.59 Å². The Kier molecular flexibility index (Phi) is 5.89. The lowest BCUT2D eigenvalue weighted by Gasteiger charge is -2.33. The van der Waals surface area contributed by atoms with E-state index in [9.17, 15) is 18.0 Å². The average molecular weight is 495 g/mol. The van der Waals surface area contributed by atoms with E-state index in [2.05, 4.69) is 15.1 Å². The first-order valence-corrected chi connectivity index (χ1v) is 12.9. The van der Waals surface area contributed by atoms with Crippen molar-refractivity contribution in [3.8, 4) is 0 Å². The molecule has 1 aliphatic rings. The summed E-state index contributed by atoms with van der Waals surface area (Å²) in [5.74, 6) is -0.134. The number of amides is 1. The highest BCUT2D eigenvalue weighted by Gasteiger charge is 2.33. The van der Waals surface area contributed by atoms with Gasteiger partial charge in [0.2, 0.25) is 10.0 Å². The fourth-order valence-electron chi connectivity index (χ4n) is 4.43. The van der Waals surface area contributed by atoms with Gasteiger partial charge in [-0.05, 0) is 24.1 Å². The quantitative estimate of drug-likeness (QED) is 0.453. The zero-order valence-electron chi connectivity index (χ0n) is 19.5. The lowest BCUT2D eigenvalue weighted by atomic mass is 10.1. The van der Waals surface area contributed by atoms with Crippen molar-refractivity contribution in [3.05, 3.63) is 64.8 Å². The zero-order valence-corrected chi connectivity index (χ0v) is 20.3. The molecule has 4 aromatic rings. The van der Waals surface area contributed by atoms with E-state index in [1.807, 2.05) is 13.8 Å². The van der Waals surface area contributed by atoms with Crippen LogP contribution >= 0.6 is 0 Å². The molecular weight excluding hydrogens is 468 g/mol. The minimum atomic E-state index is -3.76. The molecule has 1 fully saturated rings. The summed E-state index contributed by atoms with van der Waals surface area (Å²) in [6.07, 6.45) is 3.06. The summed E-state index contributed by atoms with van der Waals surface area (Å²) in [5.41, 5.74) is 0.490. The van der Waals surface area contributed by atoms with Gasteiger partial charge in [0.05, 0.1) is 5.39 Å². The van der Waals surface area contributed by atoms with Crippen molar-refractivity contribution in [1.82, 2.24) is 29.0 Å². The number of aromatic nitrogens is 4. The third-order valence-electron chi connectivity index (χ3n) is 6.17. The van der Waals surface area contributed by atoms with Gasteiger partial charge in [0.25, 0.3) is 11.5 Å². The highest BCUT2D eigenvalue weighted by Crippen LogP contribution is 2.25. The van der Waals surface area contributed by atoms with Gasteiger partial charge in [-0.2, -0.15) is 9.40 Å². The average Bonchev–Trinajstić information content (AvgIpc) is 3.30. The molecule has 0 spiro atoms. The Labute approximate surface area is 202 Å². The van der Waals surface area contributed by atoms with Crippen LogP contribution in [0.25, 0.3) is 21.8 Å². The van der Waals surface area contributed by atoms with Crippen LogP contribution in [0.4, 0.5) is 0 Å². The zero-order chi connectivity index (χ0) is 24.7. The van der Waals surface area contributed by atoms with E-state index in [1.54, 1.807) is 47.5 Å². The van der Waals surface area contributed by atoms with Crippen LogP contribution < -0.4 is 5.56 Å². The lowest BCUT2D eigenvalue weighted by molar-refractivity contribution is 0.0691. The number of benzene rings is 1. The molecule has 1 aromatic carbocycles. The second kappa shape index (κ2) is 8.90. The number of nitrogens with zero attached hydrogens (tertiary/aromatic N) is 5.